The van der Waals surface area contributed by atoms with Crippen molar-refractivity contribution in [3.8, 4) is 5.75 Å². The topological polar surface area (TPSA) is 25.4 Å². The van der Waals surface area contributed by atoms with Gasteiger partial charge < -0.3 is 4.74 Å². The lowest BCUT2D eigenvalue weighted by Gasteiger charge is -2.32. The Morgan fingerprint density at radius 3 is 2.64 bits per heavy atom. The molecule has 2 heterocycles. The number of hydrogen-bond donors (Lipinski definition) is 0. The number of piperidine rings is 1. The zero-order chi connectivity index (χ0) is 19.7. The predicted octanol–water partition coefficient (Wildman–Crippen LogP) is 5.63. The van der Waals surface area contributed by atoms with E-state index < -0.39 is 0 Å². The van der Waals surface area contributed by atoms with Crippen molar-refractivity contribution in [3.05, 3.63) is 69.8 Å². The molecule has 3 aromatic rings. The van der Waals surface area contributed by atoms with Gasteiger partial charge >= 0.3 is 0 Å². The normalized spacial score (nSPS) is 15.9. The van der Waals surface area contributed by atoms with E-state index in [0.717, 1.165) is 47.2 Å². The molecule has 0 aliphatic carbocycles. The molecule has 3 nitrogen and oxygen atoms in total. The number of rotatable bonds is 4. The SMILES string of the molecule is Cc1cc(OC2CCN(Cc3ccc(Br)cc3F)CC2)c2ccc(F)cc2n1. The number of likely N-dealkylation sites (tertiary alicyclic amines) is 1. The fraction of sp³-hybridized carbons (Fsp3) is 0.318. The minimum absolute atomic E-state index is 0.0843. The van der Waals surface area contributed by atoms with Gasteiger partial charge in [0.05, 0.1) is 5.52 Å². The van der Waals surface area contributed by atoms with Crippen LogP contribution >= 0.6 is 15.9 Å². The van der Waals surface area contributed by atoms with E-state index in [2.05, 4.69) is 25.8 Å². The number of fused-ring (bicyclic) bond motifs is 1. The average Bonchev–Trinajstić information content (AvgIpc) is 2.65. The van der Waals surface area contributed by atoms with Crippen LogP contribution in [-0.2, 0) is 6.54 Å². The number of pyridine rings is 1. The number of ether oxygens (including phenoxy) is 1. The van der Waals surface area contributed by atoms with Gasteiger partial charge in [-0.25, -0.2) is 8.78 Å². The molecular weight excluding hydrogens is 426 g/mol. The molecule has 146 valence electrons. The Kier molecular flexibility index (Phi) is 5.60. The first-order valence-corrected chi connectivity index (χ1v) is 10.2. The Morgan fingerprint density at radius 1 is 1.11 bits per heavy atom. The van der Waals surface area contributed by atoms with E-state index in [4.69, 9.17) is 4.74 Å². The lowest BCUT2D eigenvalue weighted by atomic mass is 10.1. The van der Waals surface area contributed by atoms with Crippen molar-refractivity contribution >= 4 is 26.8 Å². The van der Waals surface area contributed by atoms with Gasteiger partial charge in [0.25, 0.3) is 0 Å². The summed E-state index contributed by atoms with van der Waals surface area (Å²) in [4.78, 5) is 6.64. The number of aryl methyl sites for hydroxylation is 1. The molecule has 6 heteroatoms. The van der Waals surface area contributed by atoms with Crippen LogP contribution in [0.15, 0.2) is 46.9 Å². The van der Waals surface area contributed by atoms with Crippen molar-refractivity contribution in [2.45, 2.75) is 32.4 Å². The van der Waals surface area contributed by atoms with E-state index in [1.807, 2.05) is 25.1 Å². The fourth-order valence-corrected chi connectivity index (χ4v) is 3.98. The standard InChI is InChI=1S/C22H21BrF2N2O/c1-14-10-22(19-5-4-17(24)12-21(19)26-14)28-18-6-8-27(9-7-18)13-15-2-3-16(23)11-20(15)25/h2-5,10-12,18H,6-9,13H2,1H3. The smallest absolute Gasteiger partial charge is 0.130 e. The van der Waals surface area contributed by atoms with Crippen LogP contribution in [0.1, 0.15) is 24.1 Å². The highest BCUT2D eigenvalue weighted by Crippen LogP contribution is 2.29. The van der Waals surface area contributed by atoms with E-state index >= 15 is 0 Å². The fourth-order valence-electron chi connectivity index (χ4n) is 3.65. The molecule has 1 aliphatic rings. The Balaban J connectivity index is 1.41. The maximum Gasteiger partial charge on any atom is 0.130 e. The van der Waals surface area contributed by atoms with Gasteiger partial charge in [-0.3, -0.25) is 9.88 Å². The van der Waals surface area contributed by atoms with E-state index in [1.165, 1.54) is 18.2 Å². The molecule has 4 rings (SSSR count). The summed E-state index contributed by atoms with van der Waals surface area (Å²) in [5.41, 5.74) is 2.12. The number of nitrogens with zero attached hydrogens (tertiary/aromatic N) is 2. The third-order valence-corrected chi connectivity index (χ3v) is 5.59. The van der Waals surface area contributed by atoms with Crippen molar-refractivity contribution in [3.63, 3.8) is 0 Å². The lowest BCUT2D eigenvalue weighted by Crippen LogP contribution is -2.38. The zero-order valence-corrected chi connectivity index (χ0v) is 17.2. The van der Waals surface area contributed by atoms with Crippen LogP contribution in [-0.4, -0.2) is 29.1 Å². The Labute approximate surface area is 171 Å². The van der Waals surface area contributed by atoms with E-state index in [0.29, 0.717) is 17.6 Å². The second-order valence-corrected chi connectivity index (χ2v) is 8.17. The summed E-state index contributed by atoms with van der Waals surface area (Å²) in [6.07, 6.45) is 1.81. The summed E-state index contributed by atoms with van der Waals surface area (Å²) in [5, 5.41) is 0.825. The number of benzene rings is 2. The van der Waals surface area contributed by atoms with Gasteiger partial charge in [0.2, 0.25) is 0 Å². The molecule has 0 amide bonds. The summed E-state index contributed by atoms with van der Waals surface area (Å²) < 4.78 is 34.6. The molecule has 1 aromatic heterocycles. The van der Waals surface area contributed by atoms with E-state index in [1.54, 1.807) is 6.07 Å². The first-order chi connectivity index (χ1) is 13.5. The first-order valence-electron chi connectivity index (χ1n) is 9.38. The number of aromatic nitrogens is 1. The van der Waals surface area contributed by atoms with E-state index in [9.17, 15) is 8.78 Å². The summed E-state index contributed by atoms with van der Waals surface area (Å²) in [6, 6.07) is 11.7. The average molecular weight is 447 g/mol. The van der Waals surface area contributed by atoms with Crippen LogP contribution in [0.3, 0.4) is 0 Å². The van der Waals surface area contributed by atoms with Crippen molar-refractivity contribution in [2.24, 2.45) is 0 Å². The summed E-state index contributed by atoms with van der Waals surface area (Å²) in [7, 11) is 0. The molecule has 0 bridgehead atoms. The van der Waals surface area contributed by atoms with Crippen LogP contribution in [0.25, 0.3) is 10.9 Å². The molecule has 0 radical (unpaired) electrons. The van der Waals surface area contributed by atoms with Crippen molar-refractivity contribution in [2.75, 3.05) is 13.1 Å². The maximum atomic E-state index is 14.1. The number of halogens is 3. The highest BCUT2D eigenvalue weighted by Gasteiger charge is 2.22. The molecule has 1 aliphatic heterocycles. The molecule has 0 N–H and O–H groups in total. The van der Waals surface area contributed by atoms with Gasteiger partial charge in [0.15, 0.2) is 0 Å². The second kappa shape index (κ2) is 8.13. The molecule has 0 spiro atoms. The molecule has 0 atom stereocenters. The van der Waals surface area contributed by atoms with Crippen LogP contribution in [0.4, 0.5) is 8.78 Å². The Bertz CT molecular complexity index is 998. The quantitative estimate of drug-likeness (QED) is 0.519. The largest absolute Gasteiger partial charge is 0.490 e. The van der Waals surface area contributed by atoms with Gasteiger partial charge in [-0.1, -0.05) is 22.0 Å². The summed E-state index contributed by atoms with van der Waals surface area (Å²) in [6.45, 7) is 4.17. The van der Waals surface area contributed by atoms with E-state index in [-0.39, 0.29) is 17.7 Å². The molecular formula is C22H21BrF2N2O. The second-order valence-electron chi connectivity index (χ2n) is 7.25. The molecule has 0 saturated carbocycles. The van der Waals surface area contributed by atoms with Crippen LogP contribution in [0.2, 0.25) is 0 Å². The predicted molar refractivity (Wildman–Crippen MR) is 109 cm³/mol. The van der Waals surface area contributed by atoms with Gasteiger partial charge in [-0.2, -0.15) is 0 Å². The van der Waals surface area contributed by atoms with Gasteiger partial charge in [0.1, 0.15) is 23.5 Å². The van der Waals surface area contributed by atoms with Crippen molar-refractivity contribution in [1.82, 2.24) is 9.88 Å². The minimum atomic E-state index is -0.301. The third-order valence-electron chi connectivity index (χ3n) is 5.10. The zero-order valence-electron chi connectivity index (χ0n) is 15.6. The molecule has 28 heavy (non-hydrogen) atoms. The summed E-state index contributed by atoms with van der Waals surface area (Å²) in [5.74, 6) is 0.267. The molecule has 1 saturated heterocycles. The Morgan fingerprint density at radius 2 is 1.89 bits per heavy atom. The molecule has 2 aromatic carbocycles. The first kappa shape index (κ1) is 19.3. The minimum Gasteiger partial charge on any atom is -0.490 e. The van der Waals surface area contributed by atoms with Crippen LogP contribution < -0.4 is 4.74 Å². The van der Waals surface area contributed by atoms with Gasteiger partial charge in [0, 0.05) is 52.9 Å². The third kappa shape index (κ3) is 4.33. The molecule has 1 fully saturated rings. The highest BCUT2D eigenvalue weighted by atomic mass is 79.9. The Hall–Kier alpha value is -2.05. The van der Waals surface area contributed by atoms with Crippen molar-refractivity contribution < 1.29 is 13.5 Å². The summed E-state index contributed by atoms with van der Waals surface area (Å²) >= 11 is 3.29. The maximum absolute atomic E-state index is 14.1. The van der Waals surface area contributed by atoms with Crippen LogP contribution in [0, 0.1) is 18.6 Å². The monoisotopic (exact) mass is 446 g/mol. The number of hydrogen-bond acceptors (Lipinski definition) is 3. The highest BCUT2D eigenvalue weighted by molar-refractivity contribution is 9.10. The molecule has 0 unspecified atom stereocenters. The van der Waals surface area contributed by atoms with Crippen molar-refractivity contribution in [1.29, 1.82) is 0 Å². The lowest BCUT2D eigenvalue weighted by molar-refractivity contribution is 0.0973. The van der Waals surface area contributed by atoms with Gasteiger partial charge in [-0.05, 0) is 44.0 Å². The van der Waals surface area contributed by atoms with Crippen LogP contribution in [0.5, 0.6) is 5.75 Å². The van der Waals surface area contributed by atoms with Gasteiger partial charge in [-0.15, -0.1) is 0 Å².